The van der Waals surface area contributed by atoms with Crippen LogP contribution < -0.4 is 4.74 Å². The van der Waals surface area contributed by atoms with E-state index in [-0.39, 0.29) is 23.8 Å². The fourth-order valence-corrected chi connectivity index (χ4v) is 1.62. The van der Waals surface area contributed by atoms with Gasteiger partial charge in [-0.2, -0.15) is 0 Å². The number of pyridine rings is 1. The van der Waals surface area contributed by atoms with Crippen molar-refractivity contribution in [3.8, 4) is 11.5 Å². The Morgan fingerprint density at radius 1 is 1.32 bits per heavy atom. The summed E-state index contributed by atoms with van der Waals surface area (Å²) in [6.45, 7) is 1.88. The summed E-state index contributed by atoms with van der Waals surface area (Å²) in [5.74, 6) is -0.780. The number of nitrogens with zero attached hydrogens (tertiary/aromatic N) is 1. The van der Waals surface area contributed by atoms with Gasteiger partial charge in [-0.25, -0.2) is 9.78 Å². The van der Waals surface area contributed by atoms with E-state index in [4.69, 9.17) is 9.84 Å². The molecule has 5 heteroatoms. The molecule has 0 aliphatic rings. The third kappa shape index (κ3) is 3.22. The minimum absolute atomic E-state index is 0.111. The number of hydrogen-bond donors (Lipinski definition) is 2. The van der Waals surface area contributed by atoms with Crippen LogP contribution in [0.1, 0.15) is 21.7 Å². The van der Waals surface area contributed by atoms with E-state index in [2.05, 4.69) is 4.98 Å². The summed E-state index contributed by atoms with van der Waals surface area (Å²) >= 11 is 0. The number of aryl methyl sites for hydroxylation is 1. The molecule has 0 aliphatic heterocycles. The summed E-state index contributed by atoms with van der Waals surface area (Å²) in [5.41, 5.74) is 1.25. The lowest BCUT2D eigenvalue weighted by atomic mass is 10.2. The van der Waals surface area contributed by atoms with Crippen molar-refractivity contribution in [1.29, 1.82) is 0 Å². The van der Waals surface area contributed by atoms with E-state index in [1.54, 1.807) is 43.3 Å². The molecular weight excluding hydrogens is 246 g/mol. The lowest BCUT2D eigenvalue weighted by Gasteiger charge is -2.09. The molecule has 0 bridgehead atoms. The molecule has 0 saturated heterocycles. The van der Waals surface area contributed by atoms with Crippen LogP contribution in [0.3, 0.4) is 0 Å². The summed E-state index contributed by atoms with van der Waals surface area (Å²) in [7, 11) is 0. The highest BCUT2D eigenvalue weighted by molar-refractivity contribution is 5.88. The maximum absolute atomic E-state index is 11.1. The number of carboxylic acid groups (broad SMARTS) is 1. The van der Waals surface area contributed by atoms with E-state index in [1.165, 1.54) is 0 Å². The SMILES string of the molecule is Cc1ccc(OCc2cccc(O)c2)c(C(=O)O)n1. The molecule has 5 nitrogen and oxygen atoms in total. The summed E-state index contributed by atoms with van der Waals surface area (Å²) in [4.78, 5) is 15.0. The van der Waals surface area contributed by atoms with E-state index < -0.39 is 5.97 Å². The summed E-state index contributed by atoms with van der Waals surface area (Å²) < 4.78 is 5.44. The molecule has 0 fully saturated rings. The minimum atomic E-state index is -1.13. The van der Waals surface area contributed by atoms with Gasteiger partial charge in [-0.1, -0.05) is 12.1 Å². The molecule has 1 aromatic heterocycles. The van der Waals surface area contributed by atoms with Gasteiger partial charge in [-0.3, -0.25) is 0 Å². The van der Waals surface area contributed by atoms with Crippen LogP contribution in [0.4, 0.5) is 0 Å². The Kier molecular flexibility index (Phi) is 3.66. The first kappa shape index (κ1) is 12.9. The third-order valence-corrected chi connectivity index (χ3v) is 2.50. The van der Waals surface area contributed by atoms with Crippen LogP contribution in [-0.2, 0) is 6.61 Å². The predicted molar refractivity (Wildman–Crippen MR) is 68.4 cm³/mol. The van der Waals surface area contributed by atoms with E-state index >= 15 is 0 Å². The number of phenolic OH excluding ortho intramolecular Hbond substituents is 1. The van der Waals surface area contributed by atoms with Gasteiger partial charge in [0.25, 0.3) is 0 Å². The Labute approximate surface area is 110 Å². The van der Waals surface area contributed by atoms with Crippen LogP contribution >= 0.6 is 0 Å². The van der Waals surface area contributed by atoms with Gasteiger partial charge in [0.2, 0.25) is 0 Å². The first-order chi connectivity index (χ1) is 9.06. The van der Waals surface area contributed by atoms with Crippen molar-refractivity contribution in [3.05, 3.63) is 53.3 Å². The standard InChI is InChI=1S/C14H13NO4/c1-9-5-6-12(13(15-9)14(17)18)19-8-10-3-2-4-11(16)7-10/h2-7,16H,8H2,1H3,(H,17,18). The Morgan fingerprint density at radius 2 is 2.11 bits per heavy atom. The molecule has 0 unspecified atom stereocenters. The zero-order valence-corrected chi connectivity index (χ0v) is 10.3. The van der Waals surface area contributed by atoms with Crippen LogP contribution in [0, 0.1) is 6.92 Å². The highest BCUT2D eigenvalue weighted by Gasteiger charge is 2.13. The van der Waals surface area contributed by atoms with Crippen LogP contribution in [0.5, 0.6) is 11.5 Å². The van der Waals surface area contributed by atoms with E-state index in [9.17, 15) is 9.90 Å². The van der Waals surface area contributed by atoms with Crippen molar-refractivity contribution < 1.29 is 19.7 Å². The summed E-state index contributed by atoms with van der Waals surface area (Å²) in [5, 5.41) is 18.4. The quantitative estimate of drug-likeness (QED) is 0.881. The molecule has 0 spiro atoms. The maximum atomic E-state index is 11.1. The number of ether oxygens (including phenoxy) is 1. The van der Waals surface area contributed by atoms with Gasteiger partial charge in [0.05, 0.1) is 0 Å². The van der Waals surface area contributed by atoms with E-state index in [0.717, 1.165) is 5.56 Å². The van der Waals surface area contributed by atoms with E-state index in [1.807, 2.05) is 0 Å². The van der Waals surface area contributed by atoms with Crippen LogP contribution in [0.2, 0.25) is 0 Å². The largest absolute Gasteiger partial charge is 0.508 e. The molecule has 2 N–H and O–H groups in total. The van der Waals surface area contributed by atoms with Crippen LogP contribution in [0.15, 0.2) is 36.4 Å². The average Bonchev–Trinajstić information content (AvgIpc) is 2.37. The molecule has 19 heavy (non-hydrogen) atoms. The Morgan fingerprint density at radius 3 is 2.79 bits per heavy atom. The number of carboxylic acids is 1. The number of rotatable bonds is 4. The molecule has 0 amide bonds. The fraction of sp³-hybridized carbons (Fsp3) is 0.143. The topological polar surface area (TPSA) is 79.7 Å². The Balaban J connectivity index is 2.17. The van der Waals surface area contributed by atoms with Gasteiger partial charge >= 0.3 is 5.97 Å². The van der Waals surface area contributed by atoms with Crippen molar-refractivity contribution >= 4 is 5.97 Å². The van der Waals surface area contributed by atoms with Gasteiger partial charge in [-0.05, 0) is 36.8 Å². The van der Waals surface area contributed by atoms with Crippen LogP contribution in [-0.4, -0.2) is 21.2 Å². The normalized spacial score (nSPS) is 10.2. The number of aromatic hydroxyl groups is 1. The molecule has 0 saturated carbocycles. The number of phenols is 1. The van der Waals surface area contributed by atoms with Crippen molar-refractivity contribution in [3.63, 3.8) is 0 Å². The molecular formula is C14H13NO4. The first-order valence-corrected chi connectivity index (χ1v) is 5.68. The number of carbonyl (C=O) groups is 1. The lowest BCUT2D eigenvalue weighted by Crippen LogP contribution is -2.06. The van der Waals surface area contributed by atoms with Crippen LogP contribution in [0.25, 0.3) is 0 Å². The molecule has 0 atom stereocenters. The highest BCUT2D eigenvalue weighted by Crippen LogP contribution is 2.19. The van der Waals surface area contributed by atoms with Gasteiger partial charge in [0.1, 0.15) is 12.4 Å². The summed E-state index contributed by atoms with van der Waals surface area (Å²) in [6.07, 6.45) is 0. The van der Waals surface area contributed by atoms with Gasteiger partial charge in [0.15, 0.2) is 11.4 Å². The Hall–Kier alpha value is -2.56. The predicted octanol–water partition coefficient (Wildman–Crippen LogP) is 2.37. The smallest absolute Gasteiger partial charge is 0.358 e. The van der Waals surface area contributed by atoms with E-state index in [0.29, 0.717) is 5.69 Å². The first-order valence-electron chi connectivity index (χ1n) is 5.68. The zero-order chi connectivity index (χ0) is 13.8. The molecule has 2 rings (SSSR count). The highest BCUT2D eigenvalue weighted by atomic mass is 16.5. The molecule has 0 aliphatic carbocycles. The van der Waals surface area contributed by atoms with Gasteiger partial charge in [-0.15, -0.1) is 0 Å². The number of aromatic nitrogens is 1. The number of aromatic carboxylic acids is 1. The number of hydrogen-bond acceptors (Lipinski definition) is 4. The second kappa shape index (κ2) is 5.39. The minimum Gasteiger partial charge on any atom is -0.508 e. The number of benzene rings is 1. The molecule has 2 aromatic rings. The molecule has 1 aromatic carbocycles. The molecule has 98 valence electrons. The van der Waals surface area contributed by atoms with Crippen molar-refractivity contribution in [2.45, 2.75) is 13.5 Å². The zero-order valence-electron chi connectivity index (χ0n) is 10.3. The third-order valence-electron chi connectivity index (χ3n) is 2.50. The molecule has 0 radical (unpaired) electrons. The second-order valence-corrected chi connectivity index (χ2v) is 4.06. The molecule has 1 heterocycles. The monoisotopic (exact) mass is 259 g/mol. The Bertz CT molecular complexity index is 610. The lowest BCUT2D eigenvalue weighted by molar-refractivity contribution is 0.0684. The second-order valence-electron chi connectivity index (χ2n) is 4.06. The van der Waals surface area contributed by atoms with Crippen molar-refractivity contribution in [2.24, 2.45) is 0 Å². The fourth-order valence-electron chi connectivity index (χ4n) is 1.62. The van der Waals surface area contributed by atoms with Gasteiger partial charge in [0, 0.05) is 5.69 Å². The maximum Gasteiger partial charge on any atom is 0.358 e. The average molecular weight is 259 g/mol. The van der Waals surface area contributed by atoms with Crippen molar-refractivity contribution in [1.82, 2.24) is 4.98 Å². The summed E-state index contributed by atoms with van der Waals surface area (Å²) in [6, 6.07) is 9.85. The van der Waals surface area contributed by atoms with Crippen molar-refractivity contribution in [2.75, 3.05) is 0 Å². The van der Waals surface area contributed by atoms with Gasteiger partial charge < -0.3 is 14.9 Å².